The van der Waals surface area contributed by atoms with Gasteiger partial charge >= 0.3 is 0 Å². The van der Waals surface area contributed by atoms with Crippen LogP contribution in [0.1, 0.15) is 0 Å². The van der Waals surface area contributed by atoms with Gasteiger partial charge in [0.1, 0.15) is 0 Å². The summed E-state index contributed by atoms with van der Waals surface area (Å²) in [6.07, 6.45) is 0. The van der Waals surface area contributed by atoms with Crippen LogP contribution in [0.4, 0.5) is 0 Å². The SMILES string of the molecule is Clc1cc(Cl)c(I)c(Cl)c1Cl. The molecule has 0 radical (unpaired) electrons. The van der Waals surface area contributed by atoms with E-state index in [1.54, 1.807) is 6.07 Å². The summed E-state index contributed by atoms with van der Waals surface area (Å²) in [6, 6.07) is 1.57. The maximum absolute atomic E-state index is 5.78. The molecular formula is C6HCl4I. The third-order valence-electron chi connectivity index (χ3n) is 1.06. The van der Waals surface area contributed by atoms with E-state index in [9.17, 15) is 0 Å². The summed E-state index contributed by atoms with van der Waals surface area (Å²) in [5.41, 5.74) is 0. The largest absolute Gasteiger partial charge is 0.0831 e. The topological polar surface area (TPSA) is 0 Å². The molecule has 0 atom stereocenters. The van der Waals surface area contributed by atoms with Crippen molar-refractivity contribution in [2.75, 3.05) is 0 Å². The van der Waals surface area contributed by atoms with Gasteiger partial charge in [0.2, 0.25) is 0 Å². The average molecular weight is 342 g/mol. The summed E-state index contributed by atoms with van der Waals surface area (Å²) in [5.74, 6) is 0. The van der Waals surface area contributed by atoms with E-state index in [-0.39, 0.29) is 0 Å². The molecule has 0 fully saturated rings. The van der Waals surface area contributed by atoms with Gasteiger partial charge in [-0.25, -0.2) is 0 Å². The molecule has 1 aromatic carbocycles. The van der Waals surface area contributed by atoms with Crippen molar-refractivity contribution in [3.05, 3.63) is 29.7 Å². The maximum atomic E-state index is 5.78. The fourth-order valence-corrected chi connectivity index (χ4v) is 2.04. The first kappa shape index (κ1) is 10.2. The van der Waals surface area contributed by atoms with Crippen LogP contribution in [0.2, 0.25) is 20.1 Å². The van der Waals surface area contributed by atoms with Crippen LogP contribution in [0.15, 0.2) is 6.07 Å². The minimum Gasteiger partial charge on any atom is -0.0831 e. The molecule has 5 heteroatoms. The lowest BCUT2D eigenvalue weighted by Gasteiger charge is -2.02. The Hall–Kier alpha value is 1.11. The van der Waals surface area contributed by atoms with Gasteiger partial charge in [-0.3, -0.25) is 0 Å². The normalized spacial score (nSPS) is 10.3. The third kappa shape index (κ3) is 2.07. The Morgan fingerprint density at radius 1 is 0.909 bits per heavy atom. The monoisotopic (exact) mass is 340 g/mol. The highest BCUT2D eigenvalue weighted by Gasteiger charge is 2.10. The van der Waals surface area contributed by atoms with Crippen LogP contribution in [0.5, 0.6) is 0 Å². The fourth-order valence-electron chi connectivity index (χ4n) is 0.544. The molecule has 1 aromatic rings. The van der Waals surface area contributed by atoms with Gasteiger partial charge in [-0.05, 0) is 28.7 Å². The van der Waals surface area contributed by atoms with E-state index in [4.69, 9.17) is 46.4 Å². The quantitative estimate of drug-likeness (QED) is 0.357. The van der Waals surface area contributed by atoms with E-state index in [0.29, 0.717) is 20.1 Å². The number of hydrogen-bond donors (Lipinski definition) is 0. The first-order chi connectivity index (χ1) is 5.04. The van der Waals surface area contributed by atoms with Crippen LogP contribution >= 0.6 is 69.0 Å². The fraction of sp³-hybridized carbons (Fsp3) is 0. The lowest BCUT2D eigenvalue weighted by Crippen LogP contribution is -1.79. The average Bonchev–Trinajstić information content (AvgIpc) is 1.97. The van der Waals surface area contributed by atoms with Crippen LogP contribution < -0.4 is 0 Å². The van der Waals surface area contributed by atoms with Gasteiger partial charge in [0.25, 0.3) is 0 Å². The summed E-state index contributed by atoms with van der Waals surface area (Å²) in [6.45, 7) is 0. The molecule has 0 spiro atoms. The molecule has 0 N–H and O–H groups in total. The predicted octanol–water partition coefficient (Wildman–Crippen LogP) is 4.90. The second kappa shape index (κ2) is 3.88. The molecule has 1 rings (SSSR count). The van der Waals surface area contributed by atoms with Crippen LogP contribution in [0.25, 0.3) is 0 Å². The van der Waals surface area contributed by atoms with Crippen molar-refractivity contribution in [2.24, 2.45) is 0 Å². The van der Waals surface area contributed by atoms with E-state index < -0.39 is 0 Å². The molecule has 0 unspecified atom stereocenters. The molecule has 0 aliphatic rings. The highest BCUT2D eigenvalue weighted by atomic mass is 127. The van der Waals surface area contributed by atoms with Crippen LogP contribution in [0.3, 0.4) is 0 Å². The minimum absolute atomic E-state index is 0.349. The molecule has 0 aliphatic carbocycles. The molecule has 60 valence electrons. The Labute approximate surface area is 97.9 Å². The standard InChI is InChI=1S/C6HCl4I/c7-2-1-3(8)6(11)5(10)4(2)9/h1H. The maximum Gasteiger partial charge on any atom is 0.0790 e. The second-order valence-corrected chi connectivity index (χ2v) is 4.43. The zero-order valence-corrected chi connectivity index (χ0v) is 10.1. The van der Waals surface area contributed by atoms with Gasteiger partial charge in [-0.15, -0.1) is 0 Å². The summed E-state index contributed by atoms with van der Waals surface area (Å²) in [5, 5.41) is 1.65. The number of hydrogen-bond acceptors (Lipinski definition) is 0. The first-order valence-electron chi connectivity index (χ1n) is 2.52. The lowest BCUT2D eigenvalue weighted by atomic mass is 10.4. The Kier molecular flexibility index (Phi) is 3.59. The Morgan fingerprint density at radius 2 is 1.45 bits per heavy atom. The summed E-state index contributed by atoms with van der Waals surface area (Å²) >= 11 is 25.0. The zero-order valence-electron chi connectivity index (χ0n) is 4.97. The summed E-state index contributed by atoms with van der Waals surface area (Å²) in [4.78, 5) is 0. The molecule has 0 aromatic heterocycles. The highest BCUT2D eigenvalue weighted by molar-refractivity contribution is 14.1. The van der Waals surface area contributed by atoms with Crippen LogP contribution in [-0.2, 0) is 0 Å². The Morgan fingerprint density at radius 3 is 2.00 bits per heavy atom. The molecule has 0 aliphatic heterocycles. The highest BCUT2D eigenvalue weighted by Crippen LogP contribution is 2.37. The smallest absolute Gasteiger partial charge is 0.0790 e. The van der Waals surface area contributed by atoms with Crippen molar-refractivity contribution >= 4 is 69.0 Å². The Balaban J connectivity index is 3.46. The molecular weight excluding hydrogens is 341 g/mol. The molecule has 0 saturated carbocycles. The molecule has 0 saturated heterocycles. The van der Waals surface area contributed by atoms with E-state index in [1.807, 2.05) is 22.6 Å². The van der Waals surface area contributed by atoms with Crippen LogP contribution in [0, 0.1) is 3.57 Å². The van der Waals surface area contributed by atoms with Crippen molar-refractivity contribution in [2.45, 2.75) is 0 Å². The second-order valence-electron chi connectivity index (χ2n) is 1.78. The molecule has 0 heterocycles. The zero-order chi connectivity index (χ0) is 8.59. The molecule has 0 amide bonds. The van der Waals surface area contributed by atoms with E-state index >= 15 is 0 Å². The molecule has 0 bridgehead atoms. The van der Waals surface area contributed by atoms with E-state index in [0.717, 1.165) is 3.57 Å². The van der Waals surface area contributed by atoms with Gasteiger partial charge in [0.05, 0.1) is 23.7 Å². The van der Waals surface area contributed by atoms with Crippen molar-refractivity contribution in [3.8, 4) is 0 Å². The van der Waals surface area contributed by atoms with Crippen molar-refractivity contribution in [1.82, 2.24) is 0 Å². The number of benzene rings is 1. The van der Waals surface area contributed by atoms with Crippen molar-refractivity contribution in [3.63, 3.8) is 0 Å². The lowest BCUT2D eigenvalue weighted by molar-refractivity contribution is 1.64. The molecule has 11 heavy (non-hydrogen) atoms. The first-order valence-corrected chi connectivity index (χ1v) is 5.11. The van der Waals surface area contributed by atoms with Crippen molar-refractivity contribution < 1.29 is 0 Å². The van der Waals surface area contributed by atoms with E-state index in [2.05, 4.69) is 0 Å². The van der Waals surface area contributed by atoms with Gasteiger partial charge in [0, 0.05) is 0 Å². The minimum atomic E-state index is 0.349. The summed E-state index contributed by atoms with van der Waals surface area (Å²) < 4.78 is 0.723. The van der Waals surface area contributed by atoms with Gasteiger partial charge in [-0.2, -0.15) is 0 Å². The summed E-state index contributed by atoms with van der Waals surface area (Å²) in [7, 11) is 0. The Bertz CT molecular complexity index is 271. The van der Waals surface area contributed by atoms with E-state index in [1.165, 1.54) is 0 Å². The molecule has 0 nitrogen and oxygen atoms in total. The number of halogens is 5. The van der Waals surface area contributed by atoms with Gasteiger partial charge in [0.15, 0.2) is 0 Å². The van der Waals surface area contributed by atoms with Gasteiger partial charge in [-0.1, -0.05) is 46.4 Å². The van der Waals surface area contributed by atoms with Crippen LogP contribution in [-0.4, -0.2) is 0 Å². The third-order valence-corrected chi connectivity index (χ3v) is 4.38. The van der Waals surface area contributed by atoms with Gasteiger partial charge < -0.3 is 0 Å². The number of rotatable bonds is 0. The predicted molar refractivity (Wildman–Crippen MR) is 59.2 cm³/mol. The van der Waals surface area contributed by atoms with Crippen molar-refractivity contribution in [1.29, 1.82) is 0 Å².